The summed E-state index contributed by atoms with van der Waals surface area (Å²) in [4.78, 5) is 11.2. The fourth-order valence-electron chi connectivity index (χ4n) is 1.98. The van der Waals surface area contributed by atoms with Crippen molar-refractivity contribution >= 4 is 11.8 Å². The van der Waals surface area contributed by atoms with Crippen molar-refractivity contribution < 1.29 is 0 Å². The van der Waals surface area contributed by atoms with Gasteiger partial charge in [-0.1, -0.05) is 13.8 Å². The molecule has 0 radical (unpaired) electrons. The third-order valence-corrected chi connectivity index (χ3v) is 3.00. The van der Waals surface area contributed by atoms with E-state index in [-0.39, 0.29) is 0 Å². The van der Waals surface area contributed by atoms with Gasteiger partial charge in [-0.3, -0.25) is 0 Å². The Morgan fingerprint density at radius 1 is 1.33 bits per heavy atom. The Bertz CT molecular complexity index is 414. The van der Waals surface area contributed by atoms with Crippen LogP contribution in [0.4, 0.5) is 11.8 Å². The molecule has 2 rings (SSSR count). The Kier molecular flexibility index (Phi) is 4.01. The molecule has 2 N–H and O–H groups in total. The Morgan fingerprint density at radius 3 is 2.78 bits per heavy atom. The predicted octanol–water partition coefficient (Wildman–Crippen LogP) is 1.26. The molecule has 18 heavy (non-hydrogen) atoms. The van der Waals surface area contributed by atoms with Crippen LogP contribution < -0.4 is 15.5 Å². The lowest BCUT2D eigenvalue weighted by atomic mass is 10.1. The van der Waals surface area contributed by atoms with Crippen LogP contribution in [0, 0.1) is 5.92 Å². The van der Waals surface area contributed by atoms with Gasteiger partial charge in [-0.2, -0.15) is 4.98 Å². The number of anilines is 2. The maximum Gasteiger partial charge on any atom is 0.227 e. The van der Waals surface area contributed by atoms with E-state index in [2.05, 4.69) is 34.4 Å². The minimum absolute atomic E-state index is 0.606. The quantitative estimate of drug-likeness (QED) is 0.841. The normalized spacial score (nSPS) is 14.5. The number of nitrogens with zero attached hydrogens (tertiary/aromatic N) is 3. The number of fused-ring (bicyclic) bond motifs is 1. The molecule has 2 heterocycles. The van der Waals surface area contributed by atoms with Crippen LogP contribution in [0.3, 0.4) is 0 Å². The second-order valence-electron chi connectivity index (χ2n) is 5.39. The van der Waals surface area contributed by atoms with E-state index in [0.29, 0.717) is 5.92 Å². The van der Waals surface area contributed by atoms with Crippen molar-refractivity contribution in [3.63, 3.8) is 0 Å². The van der Waals surface area contributed by atoms with E-state index in [4.69, 9.17) is 0 Å². The summed E-state index contributed by atoms with van der Waals surface area (Å²) in [6.45, 7) is 7.21. The number of aromatic nitrogens is 2. The third-order valence-electron chi connectivity index (χ3n) is 3.00. The largest absolute Gasteiger partial charge is 0.369 e. The van der Waals surface area contributed by atoms with Gasteiger partial charge < -0.3 is 15.5 Å². The van der Waals surface area contributed by atoms with E-state index in [1.165, 1.54) is 11.3 Å². The molecule has 0 saturated heterocycles. The minimum Gasteiger partial charge on any atom is -0.369 e. The van der Waals surface area contributed by atoms with Gasteiger partial charge in [0.05, 0.1) is 5.69 Å². The Labute approximate surface area is 109 Å². The first-order valence-electron chi connectivity index (χ1n) is 6.59. The smallest absolute Gasteiger partial charge is 0.227 e. The predicted molar refractivity (Wildman–Crippen MR) is 75.1 cm³/mol. The lowest BCUT2D eigenvalue weighted by Gasteiger charge is -2.22. The average Bonchev–Trinajstić information content (AvgIpc) is 2.35. The zero-order chi connectivity index (χ0) is 13.1. The molecule has 0 spiro atoms. The van der Waals surface area contributed by atoms with Crippen LogP contribution in [-0.4, -0.2) is 37.2 Å². The van der Waals surface area contributed by atoms with E-state index in [0.717, 1.165) is 37.8 Å². The van der Waals surface area contributed by atoms with E-state index < -0.39 is 0 Å². The number of nitrogens with one attached hydrogen (secondary N) is 2. The van der Waals surface area contributed by atoms with Crippen molar-refractivity contribution in [2.45, 2.75) is 26.8 Å². The van der Waals surface area contributed by atoms with Gasteiger partial charge >= 0.3 is 0 Å². The standard InChI is InChI=1S/C13H23N5/c1-9(2)7-15-12-10-8-14-6-5-11(10)16-13(17-12)18(3)4/h9,14H,5-8H2,1-4H3,(H,15,16,17). The molecule has 0 aliphatic carbocycles. The lowest BCUT2D eigenvalue weighted by molar-refractivity contribution is 0.623. The van der Waals surface area contributed by atoms with E-state index in [1.54, 1.807) is 0 Å². The summed E-state index contributed by atoms with van der Waals surface area (Å²) >= 11 is 0. The van der Waals surface area contributed by atoms with E-state index in [9.17, 15) is 0 Å². The van der Waals surface area contributed by atoms with Crippen LogP contribution in [0.15, 0.2) is 0 Å². The van der Waals surface area contributed by atoms with Gasteiger partial charge in [-0.15, -0.1) is 0 Å². The van der Waals surface area contributed by atoms with Gasteiger partial charge in [0.25, 0.3) is 0 Å². The third kappa shape index (κ3) is 2.90. The highest BCUT2D eigenvalue weighted by Gasteiger charge is 2.18. The molecule has 1 aliphatic heterocycles. The average molecular weight is 249 g/mol. The first-order valence-corrected chi connectivity index (χ1v) is 6.59. The van der Waals surface area contributed by atoms with Gasteiger partial charge in [0, 0.05) is 45.7 Å². The van der Waals surface area contributed by atoms with Crippen LogP contribution in [0.2, 0.25) is 0 Å². The van der Waals surface area contributed by atoms with Crippen molar-refractivity contribution in [3.05, 3.63) is 11.3 Å². The first kappa shape index (κ1) is 13.1. The summed E-state index contributed by atoms with van der Waals surface area (Å²) in [7, 11) is 3.96. The molecule has 1 aromatic heterocycles. The fourth-order valence-corrected chi connectivity index (χ4v) is 1.98. The Balaban J connectivity index is 2.32. The molecule has 0 unspecified atom stereocenters. The highest BCUT2D eigenvalue weighted by atomic mass is 15.2. The summed E-state index contributed by atoms with van der Waals surface area (Å²) in [5.41, 5.74) is 2.41. The van der Waals surface area contributed by atoms with Gasteiger partial charge in [-0.05, 0) is 5.92 Å². The molecule has 1 aromatic rings. The highest BCUT2D eigenvalue weighted by molar-refractivity contribution is 5.52. The zero-order valence-corrected chi connectivity index (χ0v) is 11.7. The molecule has 0 atom stereocenters. The summed E-state index contributed by atoms with van der Waals surface area (Å²) < 4.78 is 0. The van der Waals surface area contributed by atoms with Gasteiger partial charge in [0.2, 0.25) is 5.95 Å². The summed E-state index contributed by atoms with van der Waals surface area (Å²) in [6, 6.07) is 0. The Hall–Kier alpha value is -1.36. The summed E-state index contributed by atoms with van der Waals surface area (Å²) in [5.74, 6) is 2.39. The van der Waals surface area contributed by atoms with Crippen LogP contribution in [0.1, 0.15) is 25.1 Å². The summed E-state index contributed by atoms with van der Waals surface area (Å²) in [5, 5.41) is 6.83. The molecule has 0 saturated carbocycles. The molecule has 0 bridgehead atoms. The fraction of sp³-hybridized carbons (Fsp3) is 0.692. The number of hydrogen-bond acceptors (Lipinski definition) is 5. The van der Waals surface area contributed by atoms with Crippen LogP contribution in [0.5, 0.6) is 0 Å². The minimum atomic E-state index is 0.606. The molecule has 0 fully saturated rings. The molecule has 1 aliphatic rings. The summed E-state index contributed by atoms with van der Waals surface area (Å²) in [6.07, 6.45) is 0.981. The second kappa shape index (κ2) is 5.52. The van der Waals surface area contributed by atoms with Crippen LogP contribution in [-0.2, 0) is 13.0 Å². The van der Waals surface area contributed by atoms with Crippen LogP contribution in [0.25, 0.3) is 0 Å². The van der Waals surface area contributed by atoms with Crippen molar-refractivity contribution in [1.82, 2.24) is 15.3 Å². The monoisotopic (exact) mass is 249 g/mol. The molecule has 0 amide bonds. The maximum atomic E-state index is 4.64. The first-order chi connectivity index (χ1) is 8.58. The molecule has 0 aromatic carbocycles. The Morgan fingerprint density at radius 2 is 2.11 bits per heavy atom. The maximum absolute atomic E-state index is 4.64. The van der Waals surface area contributed by atoms with Crippen molar-refractivity contribution in [3.8, 4) is 0 Å². The van der Waals surface area contributed by atoms with Gasteiger partial charge in [0.1, 0.15) is 5.82 Å². The number of hydrogen-bond donors (Lipinski definition) is 2. The van der Waals surface area contributed by atoms with Crippen molar-refractivity contribution in [2.24, 2.45) is 5.92 Å². The molecule has 100 valence electrons. The van der Waals surface area contributed by atoms with Gasteiger partial charge in [0.15, 0.2) is 0 Å². The molecule has 5 nitrogen and oxygen atoms in total. The van der Waals surface area contributed by atoms with Crippen molar-refractivity contribution in [2.75, 3.05) is 37.4 Å². The van der Waals surface area contributed by atoms with Gasteiger partial charge in [-0.25, -0.2) is 4.98 Å². The van der Waals surface area contributed by atoms with Crippen LogP contribution >= 0.6 is 0 Å². The lowest BCUT2D eigenvalue weighted by Crippen LogP contribution is -2.28. The zero-order valence-electron chi connectivity index (χ0n) is 11.7. The van der Waals surface area contributed by atoms with E-state index >= 15 is 0 Å². The highest BCUT2D eigenvalue weighted by Crippen LogP contribution is 2.22. The topological polar surface area (TPSA) is 53.1 Å². The van der Waals surface area contributed by atoms with Crippen molar-refractivity contribution in [1.29, 1.82) is 0 Å². The van der Waals surface area contributed by atoms with E-state index in [1.807, 2.05) is 19.0 Å². The SMILES string of the molecule is CC(C)CNc1nc(N(C)C)nc2c1CNCC2. The molecular formula is C13H23N5. The number of rotatable bonds is 4. The second-order valence-corrected chi connectivity index (χ2v) is 5.39. The molecule has 5 heteroatoms. The molecular weight excluding hydrogens is 226 g/mol.